The van der Waals surface area contributed by atoms with Gasteiger partial charge in [-0.1, -0.05) is 127 Å². The van der Waals surface area contributed by atoms with Gasteiger partial charge in [-0.05, 0) is 96.0 Å². The largest absolute Gasteiger partial charge is 0.144 e. The third kappa shape index (κ3) is 5.69. The molecule has 2 heteroatoms. The summed E-state index contributed by atoms with van der Waals surface area (Å²) in [6.07, 6.45) is 0. The molecule has 0 spiro atoms. The highest BCUT2D eigenvalue weighted by molar-refractivity contribution is 7.13. The van der Waals surface area contributed by atoms with Crippen LogP contribution in [-0.2, 0) is 0 Å². The molecule has 0 bridgehead atoms. The SMILES string of the molecule is c1ccc(-c2ccc(-c3ccc4ccccc4c3)cc2)cc1.c1csc(-c2ccc3cc(-c4cccs4)ccc3c2)c1. The molecular formula is C40H28S2. The fraction of sp³-hybridized carbons (Fsp3) is 0. The Morgan fingerprint density at radius 3 is 1.24 bits per heavy atom. The molecule has 0 nitrogen and oxygen atoms in total. The Bertz CT molecular complexity index is 1980. The van der Waals surface area contributed by atoms with Crippen LogP contribution in [0.15, 0.2) is 168 Å². The Balaban J connectivity index is 0.000000138. The van der Waals surface area contributed by atoms with Gasteiger partial charge >= 0.3 is 0 Å². The first-order chi connectivity index (χ1) is 20.8. The number of thiophene rings is 2. The molecule has 42 heavy (non-hydrogen) atoms. The molecular weight excluding hydrogens is 545 g/mol. The molecule has 0 saturated carbocycles. The van der Waals surface area contributed by atoms with Crippen LogP contribution in [0, 0.1) is 0 Å². The highest BCUT2D eigenvalue weighted by Crippen LogP contribution is 2.32. The first-order valence-electron chi connectivity index (χ1n) is 14.1. The summed E-state index contributed by atoms with van der Waals surface area (Å²) in [4.78, 5) is 2.66. The van der Waals surface area contributed by atoms with Crippen LogP contribution >= 0.6 is 22.7 Å². The van der Waals surface area contributed by atoms with Crippen LogP contribution in [0.4, 0.5) is 0 Å². The van der Waals surface area contributed by atoms with E-state index in [0.717, 1.165) is 0 Å². The van der Waals surface area contributed by atoms with Crippen molar-refractivity contribution in [1.29, 1.82) is 0 Å². The van der Waals surface area contributed by atoms with E-state index < -0.39 is 0 Å². The average Bonchev–Trinajstić information content (AvgIpc) is 3.81. The monoisotopic (exact) mass is 572 g/mol. The fourth-order valence-electron chi connectivity index (χ4n) is 5.29. The number of hydrogen-bond acceptors (Lipinski definition) is 2. The van der Waals surface area contributed by atoms with Gasteiger partial charge in [0.25, 0.3) is 0 Å². The van der Waals surface area contributed by atoms with Crippen LogP contribution in [0.1, 0.15) is 0 Å². The Hall–Kier alpha value is -4.76. The van der Waals surface area contributed by atoms with Crippen LogP contribution in [-0.4, -0.2) is 0 Å². The number of hydrogen-bond donors (Lipinski definition) is 0. The lowest BCUT2D eigenvalue weighted by Gasteiger charge is -2.06. The van der Waals surface area contributed by atoms with Crippen molar-refractivity contribution >= 4 is 44.2 Å². The number of benzene rings is 6. The Kier molecular flexibility index (Phi) is 7.47. The van der Waals surface area contributed by atoms with Gasteiger partial charge < -0.3 is 0 Å². The first-order valence-corrected chi connectivity index (χ1v) is 15.8. The van der Waals surface area contributed by atoms with Crippen LogP contribution < -0.4 is 0 Å². The van der Waals surface area contributed by atoms with Crippen LogP contribution in [0.5, 0.6) is 0 Å². The second-order valence-corrected chi connectivity index (χ2v) is 12.1. The zero-order valence-corrected chi connectivity index (χ0v) is 24.6. The predicted molar refractivity (Wildman–Crippen MR) is 185 cm³/mol. The van der Waals surface area contributed by atoms with E-state index in [1.54, 1.807) is 22.7 Å². The van der Waals surface area contributed by atoms with E-state index in [9.17, 15) is 0 Å². The maximum absolute atomic E-state index is 2.28. The lowest BCUT2D eigenvalue weighted by atomic mass is 9.98. The molecule has 2 heterocycles. The first kappa shape index (κ1) is 26.2. The maximum atomic E-state index is 2.28. The van der Waals surface area contributed by atoms with Crippen molar-refractivity contribution in [2.75, 3.05) is 0 Å². The third-order valence-corrected chi connectivity index (χ3v) is 9.36. The summed E-state index contributed by atoms with van der Waals surface area (Å²) in [6, 6.07) is 56.4. The molecule has 0 radical (unpaired) electrons. The van der Waals surface area contributed by atoms with Gasteiger partial charge in [-0.3, -0.25) is 0 Å². The van der Waals surface area contributed by atoms with Crippen molar-refractivity contribution in [2.24, 2.45) is 0 Å². The molecule has 0 atom stereocenters. The predicted octanol–water partition coefficient (Wildman–Crippen LogP) is 12.5. The maximum Gasteiger partial charge on any atom is 0.0342 e. The molecule has 2 aromatic heterocycles. The zero-order valence-electron chi connectivity index (χ0n) is 23.0. The summed E-state index contributed by atoms with van der Waals surface area (Å²) in [5.41, 5.74) is 7.63. The van der Waals surface area contributed by atoms with E-state index in [1.807, 2.05) is 6.07 Å². The molecule has 8 rings (SSSR count). The lowest BCUT2D eigenvalue weighted by Crippen LogP contribution is -1.81. The molecule has 0 saturated heterocycles. The van der Waals surface area contributed by atoms with E-state index in [4.69, 9.17) is 0 Å². The molecule has 6 aromatic carbocycles. The third-order valence-electron chi connectivity index (χ3n) is 7.53. The minimum absolute atomic E-state index is 1.25. The van der Waals surface area contributed by atoms with Crippen LogP contribution in [0.2, 0.25) is 0 Å². The van der Waals surface area contributed by atoms with Gasteiger partial charge in [-0.2, -0.15) is 0 Å². The molecule has 0 fully saturated rings. The van der Waals surface area contributed by atoms with E-state index in [1.165, 1.54) is 64.7 Å². The van der Waals surface area contributed by atoms with Gasteiger partial charge in [-0.15, -0.1) is 22.7 Å². The summed E-state index contributed by atoms with van der Waals surface area (Å²) < 4.78 is 0. The Labute approximate surface area is 254 Å². The number of rotatable bonds is 4. The van der Waals surface area contributed by atoms with Gasteiger partial charge in [0.1, 0.15) is 0 Å². The van der Waals surface area contributed by atoms with E-state index >= 15 is 0 Å². The van der Waals surface area contributed by atoms with Gasteiger partial charge in [0.15, 0.2) is 0 Å². The summed E-state index contributed by atoms with van der Waals surface area (Å²) in [7, 11) is 0. The van der Waals surface area contributed by atoms with Crippen molar-refractivity contribution in [3.8, 4) is 43.1 Å². The molecule has 200 valence electrons. The van der Waals surface area contributed by atoms with E-state index in [-0.39, 0.29) is 0 Å². The summed E-state index contributed by atoms with van der Waals surface area (Å²) in [6.45, 7) is 0. The minimum atomic E-state index is 1.25. The van der Waals surface area contributed by atoms with Gasteiger partial charge in [0, 0.05) is 9.75 Å². The molecule has 8 aromatic rings. The van der Waals surface area contributed by atoms with Crippen molar-refractivity contribution in [3.05, 3.63) is 168 Å². The van der Waals surface area contributed by atoms with Crippen molar-refractivity contribution in [3.63, 3.8) is 0 Å². The van der Waals surface area contributed by atoms with Crippen LogP contribution in [0.3, 0.4) is 0 Å². The molecule has 0 amide bonds. The minimum Gasteiger partial charge on any atom is -0.144 e. The van der Waals surface area contributed by atoms with E-state index in [0.29, 0.717) is 0 Å². The van der Waals surface area contributed by atoms with Gasteiger partial charge in [0.2, 0.25) is 0 Å². The highest BCUT2D eigenvalue weighted by atomic mass is 32.1. The lowest BCUT2D eigenvalue weighted by molar-refractivity contribution is 1.60. The van der Waals surface area contributed by atoms with Crippen molar-refractivity contribution < 1.29 is 0 Å². The van der Waals surface area contributed by atoms with Crippen molar-refractivity contribution in [2.45, 2.75) is 0 Å². The molecule has 0 aliphatic carbocycles. The summed E-state index contributed by atoms with van der Waals surface area (Å²) in [5.74, 6) is 0. The smallest absolute Gasteiger partial charge is 0.0342 e. The van der Waals surface area contributed by atoms with Crippen LogP contribution in [0.25, 0.3) is 64.7 Å². The topological polar surface area (TPSA) is 0 Å². The van der Waals surface area contributed by atoms with Gasteiger partial charge in [0.05, 0.1) is 0 Å². The average molecular weight is 573 g/mol. The quantitative estimate of drug-likeness (QED) is 0.197. The molecule has 0 N–H and O–H groups in total. The Morgan fingerprint density at radius 2 is 0.667 bits per heavy atom. The highest BCUT2D eigenvalue weighted by Gasteiger charge is 2.04. The molecule has 0 aliphatic rings. The zero-order chi connectivity index (χ0) is 28.1. The molecule has 0 unspecified atom stereocenters. The van der Waals surface area contributed by atoms with Crippen molar-refractivity contribution in [1.82, 2.24) is 0 Å². The number of fused-ring (bicyclic) bond motifs is 2. The second kappa shape index (κ2) is 12.0. The van der Waals surface area contributed by atoms with E-state index in [2.05, 4.69) is 162 Å². The fourth-order valence-corrected chi connectivity index (χ4v) is 6.74. The normalized spacial score (nSPS) is 10.9. The summed E-state index contributed by atoms with van der Waals surface area (Å²) in [5, 5.41) is 9.42. The molecule has 0 aliphatic heterocycles. The standard InChI is InChI=1S/C22H16.C18H12S2/c1-2-6-17(7-3-1)19-10-12-20(13-11-19)22-15-14-18-8-4-5-9-21(18)16-22;1-3-17(19-9-1)15-7-5-14-12-16(8-6-13(14)11-15)18-4-2-10-20-18/h1-16H;1-12H. The van der Waals surface area contributed by atoms with Gasteiger partial charge in [-0.25, -0.2) is 0 Å². The summed E-state index contributed by atoms with van der Waals surface area (Å²) >= 11 is 3.57. The second-order valence-electron chi connectivity index (χ2n) is 10.2. The Morgan fingerprint density at radius 1 is 0.262 bits per heavy atom.